The molecule has 8 rings (SSSR count). The van der Waals surface area contributed by atoms with E-state index in [0.29, 0.717) is 42.0 Å². The first-order valence-electron chi connectivity index (χ1n) is 15.2. The lowest BCUT2D eigenvalue weighted by atomic mass is 9.81. The molecule has 1 aliphatic heterocycles. The molecule has 1 saturated carbocycles. The summed E-state index contributed by atoms with van der Waals surface area (Å²) in [6.07, 6.45) is 8.58. The minimum absolute atomic E-state index is 0.113. The number of aromatic nitrogens is 3. The van der Waals surface area contributed by atoms with Crippen molar-refractivity contribution in [3.8, 4) is 11.4 Å². The van der Waals surface area contributed by atoms with E-state index < -0.39 is 4.92 Å². The fourth-order valence-electron chi connectivity index (χ4n) is 6.96. The number of thiazole rings is 1. The van der Waals surface area contributed by atoms with E-state index in [1.165, 1.54) is 38.9 Å². The number of hydrogen-bond donors (Lipinski definition) is 1. The molecule has 0 radical (unpaired) electrons. The minimum atomic E-state index is -0.439. The van der Waals surface area contributed by atoms with Gasteiger partial charge in [-0.15, -0.1) is 22.7 Å². The van der Waals surface area contributed by atoms with Gasteiger partial charge in [-0.25, -0.2) is 9.97 Å². The fraction of sp³-hybridized carbons (Fsp3) is 0.344. The Balaban J connectivity index is 1.09. The van der Waals surface area contributed by atoms with Crippen LogP contribution in [-0.4, -0.2) is 31.7 Å². The first kappa shape index (κ1) is 28.5. The Morgan fingerprint density at radius 2 is 1.69 bits per heavy atom. The number of hydrogen-bond acceptors (Lipinski definition) is 10. The van der Waals surface area contributed by atoms with Gasteiger partial charge in [0.05, 0.1) is 42.9 Å². The summed E-state index contributed by atoms with van der Waals surface area (Å²) in [7, 11) is 0. The average Bonchev–Trinajstić information content (AvgIpc) is 3.61. The van der Waals surface area contributed by atoms with Gasteiger partial charge >= 0.3 is 0 Å². The molecule has 2 fully saturated rings. The zero-order valence-corrected chi connectivity index (χ0v) is 26.5. The van der Waals surface area contributed by atoms with E-state index in [1.807, 2.05) is 6.07 Å². The van der Waals surface area contributed by atoms with E-state index in [-0.39, 0.29) is 34.9 Å². The van der Waals surface area contributed by atoms with E-state index in [0.717, 1.165) is 68.1 Å². The molecule has 1 N–H and O–H groups in total. The van der Waals surface area contributed by atoms with Gasteiger partial charge in [-0.2, -0.15) is 0 Å². The van der Waals surface area contributed by atoms with Crippen LogP contribution in [0.25, 0.3) is 31.8 Å². The van der Waals surface area contributed by atoms with Crippen molar-refractivity contribution in [1.82, 2.24) is 15.0 Å². The molecule has 0 spiro atoms. The Labute approximate surface area is 269 Å². The number of anilines is 1. The fourth-order valence-corrected chi connectivity index (χ4v) is 10.4. The van der Waals surface area contributed by atoms with Crippen molar-refractivity contribution in [1.29, 1.82) is 0 Å². The Hall–Kier alpha value is -3.94. The maximum atomic E-state index is 13.2. The highest BCUT2D eigenvalue weighted by Gasteiger charge is 2.48. The van der Waals surface area contributed by atoms with Gasteiger partial charge in [0.2, 0.25) is 11.8 Å². The molecule has 45 heavy (non-hydrogen) atoms. The molecular weight excluding hydrogens is 631 g/mol. The number of benzene rings is 2. The lowest BCUT2D eigenvalue weighted by Crippen LogP contribution is -2.30. The number of nitro groups is 1. The number of carbonyl (C=O) groups is 2. The second-order valence-corrected chi connectivity index (χ2v) is 15.2. The number of nitrogens with zero attached hydrogens (tertiary/aromatic N) is 4. The van der Waals surface area contributed by atoms with E-state index in [2.05, 4.69) is 9.97 Å². The predicted octanol–water partition coefficient (Wildman–Crippen LogP) is 7.27. The van der Waals surface area contributed by atoms with Crippen LogP contribution in [0.3, 0.4) is 0 Å². The summed E-state index contributed by atoms with van der Waals surface area (Å²) in [5, 5.41) is 12.8. The number of amides is 2. The Kier molecular flexibility index (Phi) is 7.06. The van der Waals surface area contributed by atoms with Crippen LogP contribution in [0.4, 0.5) is 11.4 Å². The molecule has 5 aromatic rings. The number of thiophene rings is 1. The van der Waals surface area contributed by atoms with E-state index in [4.69, 9.17) is 4.98 Å². The van der Waals surface area contributed by atoms with Crippen LogP contribution in [0.15, 0.2) is 50.4 Å². The summed E-state index contributed by atoms with van der Waals surface area (Å²) in [5.41, 5.74) is 2.47. The highest BCUT2D eigenvalue weighted by atomic mass is 32.2. The number of fused-ring (bicyclic) bond motifs is 5. The second-order valence-electron chi connectivity index (χ2n) is 11.8. The van der Waals surface area contributed by atoms with Gasteiger partial charge in [0.15, 0.2) is 4.34 Å². The van der Waals surface area contributed by atoms with Gasteiger partial charge < -0.3 is 4.98 Å². The molecule has 3 aromatic heterocycles. The number of aryl methyl sites for hydroxylation is 2. The SMILES string of the molecule is O=C1[C@@H]2CCCC[C@H]2C(=O)N1c1ccc2nc(Sc3ccc(-c4nc5sc6c(c5c(=O)[nH]4)CCCCC6)cc3[N+](=O)[O-])sc2c1. The van der Waals surface area contributed by atoms with Gasteiger partial charge in [0, 0.05) is 16.5 Å². The van der Waals surface area contributed by atoms with E-state index >= 15 is 0 Å². The summed E-state index contributed by atoms with van der Waals surface area (Å²) in [6, 6.07) is 10.2. The summed E-state index contributed by atoms with van der Waals surface area (Å²) < 4.78 is 1.38. The van der Waals surface area contributed by atoms with Crippen LogP contribution >= 0.6 is 34.4 Å². The molecule has 228 valence electrons. The number of aromatic amines is 1. The number of imide groups is 1. The maximum Gasteiger partial charge on any atom is 0.284 e. The molecule has 3 aliphatic rings. The van der Waals surface area contributed by atoms with E-state index in [1.54, 1.807) is 35.6 Å². The molecule has 4 heterocycles. The monoisotopic (exact) mass is 657 g/mol. The average molecular weight is 658 g/mol. The molecule has 2 aliphatic carbocycles. The van der Waals surface area contributed by atoms with Gasteiger partial charge in [0.1, 0.15) is 10.7 Å². The van der Waals surface area contributed by atoms with Crippen molar-refractivity contribution in [2.24, 2.45) is 11.8 Å². The van der Waals surface area contributed by atoms with Crippen molar-refractivity contribution in [3.05, 3.63) is 67.3 Å². The molecular formula is C32H27N5O5S3. The summed E-state index contributed by atoms with van der Waals surface area (Å²) in [4.78, 5) is 67.0. The number of rotatable bonds is 5. The Morgan fingerprint density at radius 1 is 0.911 bits per heavy atom. The van der Waals surface area contributed by atoms with Gasteiger partial charge in [-0.3, -0.25) is 29.4 Å². The van der Waals surface area contributed by atoms with Crippen molar-refractivity contribution in [2.75, 3.05) is 4.90 Å². The topological polar surface area (TPSA) is 139 Å². The molecule has 2 amide bonds. The third kappa shape index (κ3) is 4.88. The minimum Gasteiger partial charge on any atom is -0.306 e. The summed E-state index contributed by atoms with van der Waals surface area (Å²) in [6.45, 7) is 0. The Bertz CT molecular complexity index is 2090. The third-order valence-electron chi connectivity index (χ3n) is 9.15. The molecule has 0 unspecified atom stereocenters. The van der Waals surface area contributed by atoms with Crippen molar-refractivity contribution < 1.29 is 14.5 Å². The normalized spacial score (nSPS) is 20.0. The highest BCUT2D eigenvalue weighted by Crippen LogP contribution is 2.43. The molecule has 2 aromatic carbocycles. The molecule has 0 bridgehead atoms. The largest absolute Gasteiger partial charge is 0.306 e. The van der Waals surface area contributed by atoms with Crippen LogP contribution in [-0.2, 0) is 22.4 Å². The first-order chi connectivity index (χ1) is 21.9. The van der Waals surface area contributed by atoms with Crippen LogP contribution in [0.5, 0.6) is 0 Å². The third-order valence-corrected chi connectivity index (χ3v) is 12.5. The number of nitrogens with one attached hydrogen (secondary N) is 1. The number of nitro benzene ring substituents is 1. The molecule has 2 atom stereocenters. The highest BCUT2D eigenvalue weighted by molar-refractivity contribution is 8.01. The predicted molar refractivity (Wildman–Crippen MR) is 175 cm³/mol. The second kappa shape index (κ2) is 11.1. The van der Waals surface area contributed by atoms with Gasteiger partial charge in [-0.1, -0.05) is 31.0 Å². The zero-order valence-electron chi connectivity index (χ0n) is 24.0. The summed E-state index contributed by atoms with van der Waals surface area (Å²) >= 11 is 4.09. The lowest BCUT2D eigenvalue weighted by molar-refractivity contribution is -0.387. The van der Waals surface area contributed by atoms with E-state index in [9.17, 15) is 24.5 Å². The molecule has 13 heteroatoms. The zero-order chi connectivity index (χ0) is 30.8. The van der Waals surface area contributed by atoms with Crippen LogP contribution < -0.4 is 10.5 Å². The standard InChI is InChI=1S/C32H27N5O5S3/c38-28-26-20-8-2-1-3-9-23(20)43-29(26)35-27(34-28)16-10-13-24(22(14-16)37(41)42)44-32-33-21-12-11-17(15-25(21)45-32)36-30(39)18-6-4-5-7-19(18)31(36)40/h10-15,18-19H,1-9H2,(H,34,35,38)/t18-,19-/m1/s1. The number of H-pyrrole nitrogens is 1. The maximum absolute atomic E-state index is 13.2. The van der Waals surface area contributed by atoms with Crippen LogP contribution in [0.1, 0.15) is 55.4 Å². The van der Waals surface area contributed by atoms with Crippen molar-refractivity contribution >= 4 is 78.1 Å². The number of carbonyl (C=O) groups excluding carboxylic acids is 2. The van der Waals surface area contributed by atoms with Gasteiger partial charge in [0.25, 0.3) is 11.2 Å². The molecule has 10 nitrogen and oxygen atoms in total. The Morgan fingerprint density at radius 3 is 2.47 bits per heavy atom. The van der Waals surface area contributed by atoms with Crippen molar-refractivity contribution in [3.63, 3.8) is 0 Å². The van der Waals surface area contributed by atoms with Crippen molar-refractivity contribution in [2.45, 2.75) is 67.0 Å². The summed E-state index contributed by atoms with van der Waals surface area (Å²) in [5.74, 6) is -0.394. The smallest absolute Gasteiger partial charge is 0.284 e. The molecule has 1 saturated heterocycles. The van der Waals surface area contributed by atoms with Crippen LogP contribution in [0.2, 0.25) is 0 Å². The van der Waals surface area contributed by atoms with Gasteiger partial charge in [-0.05, 0) is 74.4 Å². The first-order valence-corrected chi connectivity index (χ1v) is 17.6. The quantitative estimate of drug-likeness (QED) is 0.0901. The van der Waals surface area contributed by atoms with Crippen LogP contribution in [0, 0.1) is 22.0 Å². The lowest BCUT2D eigenvalue weighted by Gasteiger charge is -2.19.